The SMILES string of the molecule is O=C(NCCCCC(NC(=O)c1cc(O)c(O)c(O)c1)C(=O)O)c1ccc(O)c(O)c1. The first-order valence-corrected chi connectivity index (χ1v) is 9.19. The first-order valence-electron chi connectivity index (χ1n) is 9.19. The van der Waals surface area contributed by atoms with Crippen LogP contribution in [0.15, 0.2) is 30.3 Å². The number of hydrogen-bond acceptors (Lipinski definition) is 8. The highest BCUT2D eigenvalue weighted by atomic mass is 16.4. The highest BCUT2D eigenvalue weighted by Crippen LogP contribution is 2.35. The lowest BCUT2D eigenvalue weighted by atomic mass is 10.1. The number of benzene rings is 2. The Labute approximate surface area is 176 Å². The zero-order valence-corrected chi connectivity index (χ0v) is 16.2. The van der Waals surface area contributed by atoms with Gasteiger partial charge in [-0.2, -0.15) is 0 Å². The molecule has 31 heavy (non-hydrogen) atoms. The molecule has 0 aliphatic rings. The lowest BCUT2D eigenvalue weighted by molar-refractivity contribution is -0.139. The van der Waals surface area contributed by atoms with Crippen molar-refractivity contribution in [3.63, 3.8) is 0 Å². The number of aromatic hydroxyl groups is 5. The lowest BCUT2D eigenvalue weighted by Gasteiger charge is -2.15. The number of carbonyl (C=O) groups is 3. The van der Waals surface area contributed by atoms with Crippen molar-refractivity contribution in [3.05, 3.63) is 41.5 Å². The predicted octanol–water partition coefficient (Wildman–Crippen LogP) is 0.998. The molecule has 11 heteroatoms. The number of carbonyl (C=O) groups excluding carboxylic acids is 2. The number of unbranched alkanes of at least 4 members (excludes halogenated alkanes) is 1. The number of carboxylic acid groups (broad SMARTS) is 1. The van der Waals surface area contributed by atoms with Crippen LogP contribution in [0.25, 0.3) is 0 Å². The van der Waals surface area contributed by atoms with E-state index in [4.69, 9.17) is 0 Å². The Kier molecular flexibility index (Phi) is 7.50. The van der Waals surface area contributed by atoms with E-state index in [1.54, 1.807) is 0 Å². The summed E-state index contributed by atoms with van der Waals surface area (Å²) in [5.74, 6) is -5.66. The fraction of sp³-hybridized carbons (Fsp3) is 0.250. The summed E-state index contributed by atoms with van der Waals surface area (Å²) in [5, 5.41) is 61.0. The number of hydrogen-bond donors (Lipinski definition) is 8. The average molecular weight is 434 g/mol. The van der Waals surface area contributed by atoms with E-state index in [1.807, 2.05) is 0 Å². The second kappa shape index (κ2) is 10.1. The van der Waals surface area contributed by atoms with E-state index in [9.17, 15) is 45.0 Å². The molecule has 0 saturated carbocycles. The van der Waals surface area contributed by atoms with Gasteiger partial charge in [0.1, 0.15) is 6.04 Å². The van der Waals surface area contributed by atoms with E-state index in [-0.39, 0.29) is 29.8 Å². The summed E-state index contributed by atoms with van der Waals surface area (Å²) in [7, 11) is 0. The van der Waals surface area contributed by atoms with Gasteiger partial charge >= 0.3 is 5.97 Å². The molecule has 0 aromatic heterocycles. The standard InChI is InChI=1S/C20H22N2O9/c23-13-5-4-10(7-14(13)24)18(28)21-6-2-1-3-12(20(30)31)22-19(29)11-8-15(25)17(27)16(26)9-11/h4-5,7-9,12,23-27H,1-3,6H2,(H,21,28)(H,22,29)(H,30,31). The molecule has 0 aliphatic carbocycles. The molecule has 0 fully saturated rings. The molecule has 0 heterocycles. The average Bonchev–Trinajstić information content (AvgIpc) is 2.71. The van der Waals surface area contributed by atoms with Crippen LogP contribution in [0, 0.1) is 0 Å². The van der Waals surface area contributed by atoms with Gasteiger partial charge in [-0.25, -0.2) is 4.79 Å². The summed E-state index contributed by atoms with van der Waals surface area (Å²) in [6.45, 7) is 0.209. The minimum absolute atomic E-state index is 0.0486. The fourth-order valence-electron chi connectivity index (χ4n) is 2.68. The Hall–Kier alpha value is -4.15. The maximum Gasteiger partial charge on any atom is 0.326 e. The van der Waals surface area contributed by atoms with E-state index in [0.29, 0.717) is 12.8 Å². The van der Waals surface area contributed by atoms with E-state index in [2.05, 4.69) is 10.6 Å². The van der Waals surface area contributed by atoms with Crippen molar-refractivity contribution in [3.8, 4) is 28.7 Å². The van der Waals surface area contributed by atoms with Crippen molar-refractivity contribution in [2.24, 2.45) is 0 Å². The Balaban J connectivity index is 1.83. The molecular formula is C20H22N2O9. The molecule has 166 valence electrons. The third kappa shape index (κ3) is 6.16. The summed E-state index contributed by atoms with van der Waals surface area (Å²) in [4.78, 5) is 35.6. The molecule has 2 amide bonds. The number of rotatable bonds is 9. The van der Waals surface area contributed by atoms with Crippen molar-refractivity contribution in [2.45, 2.75) is 25.3 Å². The highest BCUT2D eigenvalue weighted by molar-refractivity contribution is 5.97. The maximum absolute atomic E-state index is 12.2. The molecule has 2 rings (SSSR count). The van der Waals surface area contributed by atoms with Crippen LogP contribution < -0.4 is 10.6 Å². The van der Waals surface area contributed by atoms with E-state index in [0.717, 1.165) is 18.2 Å². The molecule has 0 aliphatic heterocycles. The van der Waals surface area contributed by atoms with Crippen molar-refractivity contribution in [2.75, 3.05) is 6.54 Å². The predicted molar refractivity (Wildman–Crippen MR) is 106 cm³/mol. The molecule has 1 atom stereocenters. The number of phenols is 5. The van der Waals surface area contributed by atoms with Crippen LogP contribution in [0.1, 0.15) is 40.0 Å². The molecule has 2 aromatic carbocycles. The minimum atomic E-state index is -1.29. The van der Waals surface area contributed by atoms with Crippen molar-refractivity contribution in [1.82, 2.24) is 10.6 Å². The molecule has 8 N–H and O–H groups in total. The smallest absolute Gasteiger partial charge is 0.326 e. The van der Waals surface area contributed by atoms with Gasteiger partial charge in [-0.3, -0.25) is 9.59 Å². The number of nitrogens with one attached hydrogen (secondary N) is 2. The van der Waals surface area contributed by atoms with Crippen LogP contribution in [-0.2, 0) is 4.79 Å². The molecule has 2 aromatic rings. The number of carboxylic acids is 1. The fourth-order valence-corrected chi connectivity index (χ4v) is 2.68. The Morgan fingerprint density at radius 3 is 1.97 bits per heavy atom. The van der Waals surface area contributed by atoms with E-state index in [1.165, 1.54) is 12.1 Å². The molecular weight excluding hydrogens is 412 g/mol. The van der Waals surface area contributed by atoms with Crippen molar-refractivity contribution in [1.29, 1.82) is 0 Å². The van der Waals surface area contributed by atoms with E-state index >= 15 is 0 Å². The summed E-state index contributed by atoms with van der Waals surface area (Å²) >= 11 is 0. The second-order valence-corrected chi connectivity index (χ2v) is 6.68. The third-order valence-corrected chi connectivity index (χ3v) is 4.38. The van der Waals surface area contributed by atoms with Crippen LogP contribution in [0.2, 0.25) is 0 Å². The van der Waals surface area contributed by atoms with Gasteiger partial charge < -0.3 is 41.3 Å². The van der Waals surface area contributed by atoms with Crippen molar-refractivity contribution < 1.29 is 45.0 Å². The number of aliphatic carboxylic acids is 1. The molecule has 0 bridgehead atoms. The van der Waals surface area contributed by atoms with Crippen LogP contribution in [0.4, 0.5) is 0 Å². The van der Waals surface area contributed by atoms with Crippen LogP contribution in [-0.4, -0.2) is 61.0 Å². The largest absolute Gasteiger partial charge is 0.504 e. The van der Waals surface area contributed by atoms with Gasteiger partial charge in [-0.1, -0.05) is 0 Å². The van der Waals surface area contributed by atoms with Gasteiger partial charge in [0.2, 0.25) is 0 Å². The van der Waals surface area contributed by atoms with Crippen LogP contribution in [0.5, 0.6) is 28.7 Å². The van der Waals surface area contributed by atoms with Crippen LogP contribution >= 0.6 is 0 Å². The molecule has 0 saturated heterocycles. The Bertz CT molecular complexity index is 968. The van der Waals surface area contributed by atoms with Gasteiger partial charge in [0, 0.05) is 17.7 Å². The van der Waals surface area contributed by atoms with E-state index < -0.39 is 46.8 Å². The van der Waals surface area contributed by atoms with Gasteiger partial charge in [-0.05, 0) is 49.6 Å². The third-order valence-electron chi connectivity index (χ3n) is 4.38. The maximum atomic E-state index is 12.2. The molecule has 11 nitrogen and oxygen atoms in total. The van der Waals surface area contributed by atoms with Crippen LogP contribution in [0.3, 0.4) is 0 Å². The quantitative estimate of drug-likeness (QED) is 0.210. The topological polar surface area (TPSA) is 197 Å². The van der Waals surface area contributed by atoms with Gasteiger partial charge in [0.05, 0.1) is 0 Å². The van der Waals surface area contributed by atoms with Crippen molar-refractivity contribution >= 4 is 17.8 Å². The molecule has 0 radical (unpaired) electrons. The Morgan fingerprint density at radius 1 is 0.774 bits per heavy atom. The zero-order valence-electron chi connectivity index (χ0n) is 16.2. The lowest BCUT2D eigenvalue weighted by Crippen LogP contribution is -2.40. The van der Waals surface area contributed by atoms with Gasteiger partial charge in [-0.15, -0.1) is 0 Å². The normalized spacial score (nSPS) is 11.5. The highest BCUT2D eigenvalue weighted by Gasteiger charge is 2.22. The summed E-state index contributed by atoms with van der Waals surface area (Å²) in [6, 6.07) is 4.15. The number of amides is 2. The monoisotopic (exact) mass is 434 g/mol. The summed E-state index contributed by atoms with van der Waals surface area (Å²) in [6.07, 6.45) is 0.785. The summed E-state index contributed by atoms with van der Waals surface area (Å²) in [5.41, 5.74) is -0.0881. The second-order valence-electron chi connectivity index (χ2n) is 6.68. The number of phenolic OH excluding ortho intramolecular Hbond substituents is 5. The first kappa shape index (κ1) is 23.1. The molecule has 0 spiro atoms. The van der Waals surface area contributed by atoms with Gasteiger partial charge in [0.25, 0.3) is 11.8 Å². The molecule has 1 unspecified atom stereocenters. The van der Waals surface area contributed by atoms with Gasteiger partial charge in [0.15, 0.2) is 28.7 Å². The zero-order chi connectivity index (χ0) is 23.1. The minimum Gasteiger partial charge on any atom is -0.504 e. The first-order chi connectivity index (χ1) is 14.6. The summed E-state index contributed by atoms with van der Waals surface area (Å²) < 4.78 is 0. The Morgan fingerprint density at radius 2 is 1.39 bits per heavy atom.